The number of carbonyl (C=O) groups is 1. The summed E-state index contributed by atoms with van der Waals surface area (Å²) in [6.45, 7) is 0.611. The number of primary amides is 1. The number of halogens is 2. The molecule has 1 amide bonds. The molecule has 2 aromatic carbocycles. The number of amides is 1. The molecular weight excluding hydrogens is 422 g/mol. The van der Waals surface area contributed by atoms with Gasteiger partial charge < -0.3 is 14.9 Å². The second kappa shape index (κ2) is 8.53. The number of ether oxygens (including phenoxy) is 1. The minimum absolute atomic E-state index is 0.0817. The molecule has 2 heterocycles. The summed E-state index contributed by atoms with van der Waals surface area (Å²) < 4.78 is 41.5. The van der Waals surface area contributed by atoms with Gasteiger partial charge in [0, 0.05) is 32.1 Å². The Labute approximate surface area is 181 Å². The predicted molar refractivity (Wildman–Crippen MR) is 110 cm³/mol. The third-order valence-electron chi connectivity index (χ3n) is 5.67. The number of hydrogen-bond acceptors (Lipinski definition) is 6. The summed E-state index contributed by atoms with van der Waals surface area (Å²) in [5.41, 5.74) is 6.71. The van der Waals surface area contributed by atoms with E-state index in [1.54, 1.807) is 30.1 Å². The van der Waals surface area contributed by atoms with Crippen molar-refractivity contribution in [3.8, 4) is 17.2 Å². The van der Waals surface area contributed by atoms with Crippen LogP contribution in [0.5, 0.6) is 0 Å². The highest BCUT2D eigenvalue weighted by Crippen LogP contribution is 2.28. The summed E-state index contributed by atoms with van der Waals surface area (Å²) in [4.78, 5) is 24.7. The third kappa shape index (κ3) is 4.00. The van der Waals surface area contributed by atoms with Crippen LogP contribution in [0.1, 0.15) is 5.56 Å². The van der Waals surface area contributed by atoms with Crippen LogP contribution in [-0.4, -0.2) is 47.2 Å². The Balaban J connectivity index is 1.61. The molecule has 8 nitrogen and oxygen atoms in total. The number of nitriles is 1. The maximum atomic E-state index is 14.9. The first kappa shape index (κ1) is 21.7. The van der Waals surface area contributed by atoms with E-state index in [-0.39, 0.29) is 30.7 Å². The summed E-state index contributed by atoms with van der Waals surface area (Å²) in [5.74, 6) is -2.77. The molecule has 3 aromatic rings. The van der Waals surface area contributed by atoms with Gasteiger partial charge in [-0.25, -0.2) is 13.6 Å². The largest absolute Gasteiger partial charge is 0.419 e. The minimum atomic E-state index is -0.870. The second-order valence-electron chi connectivity index (χ2n) is 7.63. The summed E-state index contributed by atoms with van der Waals surface area (Å²) in [6, 6.07) is 8.37. The first-order valence-corrected chi connectivity index (χ1v) is 9.91. The molecule has 2 N–H and O–H groups in total. The Kier molecular flexibility index (Phi) is 5.78. The van der Waals surface area contributed by atoms with E-state index in [0.29, 0.717) is 23.2 Å². The Morgan fingerprint density at radius 2 is 2.00 bits per heavy atom. The fourth-order valence-electron chi connectivity index (χ4n) is 3.85. The van der Waals surface area contributed by atoms with Gasteiger partial charge in [0.15, 0.2) is 5.58 Å². The number of benzene rings is 2. The molecule has 1 aliphatic heterocycles. The third-order valence-corrected chi connectivity index (χ3v) is 5.67. The van der Waals surface area contributed by atoms with E-state index in [9.17, 15) is 23.6 Å². The van der Waals surface area contributed by atoms with Crippen LogP contribution in [0, 0.1) is 23.0 Å². The highest BCUT2D eigenvalue weighted by atomic mass is 19.1. The van der Waals surface area contributed by atoms with E-state index in [4.69, 9.17) is 14.9 Å². The lowest BCUT2D eigenvalue weighted by Crippen LogP contribution is -2.52. The number of nitrogens with two attached hydrogens (primary N) is 1. The molecule has 166 valence electrons. The zero-order valence-corrected chi connectivity index (χ0v) is 17.2. The molecule has 1 fully saturated rings. The molecule has 2 atom stereocenters. The number of hydrogen-bond donors (Lipinski definition) is 1. The molecule has 4 rings (SSSR count). The first-order chi connectivity index (χ1) is 15.3. The van der Waals surface area contributed by atoms with Crippen molar-refractivity contribution in [1.29, 1.82) is 5.26 Å². The molecule has 0 aliphatic carbocycles. The highest BCUT2D eigenvalue weighted by Gasteiger charge is 2.30. The predicted octanol–water partition coefficient (Wildman–Crippen LogP) is 1.70. The van der Waals surface area contributed by atoms with Gasteiger partial charge in [0.1, 0.15) is 23.8 Å². The Bertz CT molecular complexity index is 1270. The van der Waals surface area contributed by atoms with E-state index in [2.05, 4.69) is 6.07 Å². The van der Waals surface area contributed by atoms with Crippen LogP contribution < -0.4 is 11.5 Å². The van der Waals surface area contributed by atoms with Gasteiger partial charge in [0.2, 0.25) is 5.91 Å². The topological polar surface area (TPSA) is 114 Å². The van der Waals surface area contributed by atoms with Crippen molar-refractivity contribution < 1.29 is 22.7 Å². The smallest absolute Gasteiger partial charge is 0.408 e. The van der Waals surface area contributed by atoms with E-state index in [1.165, 1.54) is 16.7 Å². The number of fused-ring (bicyclic) bond motifs is 1. The molecule has 1 aliphatic rings. The number of morpholine rings is 1. The van der Waals surface area contributed by atoms with Crippen LogP contribution in [0.4, 0.5) is 8.78 Å². The second-order valence-corrected chi connectivity index (χ2v) is 7.63. The molecule has 0 unspecified atom stereocenters. The van der Waals surface area contributed by atoms with Gasteiger partial charge in [-0.2, -0.15) is 5.26 Å². The fourth-order valence-corrected chi connectivity index (χ4v) is 3.85. The molecule has 0 saturated carbocycles. The molecule has 0 radical (unpaired) electrons. The maximum Gasteiger partial charge on any atom is 0.419 e. The molecule has 10 heteroatoms. The molecule has 0 bridgehead atoms. The van der Waals surface area contributed by atoms with Crippen molar-refractivity contribution in [2.75, 3.05) is 19.7 Å². The van der Waals surface area contributed by atoms with Gasteiger partial charge in [-0.15, -0.1) is 0 Å². The van der Waals surface area contributed by atoms with Gasteiger partial charge in [0.25, 0.3) is 0 Å². The van der Waals surface area contributed by atoms with Crippen LogP contribution in [0.3, 0.4) is 0 Å². The SMILES string of the molecule is Cn1c(=O)oc2ccc(-c3cc(F)c(C[C@@H](C#N)N4CCO[C@H](C(N)=O)C4)c(F)c3)cc21. The zero-order valence-electron chi connectivity index (χ0n) is 17.2. The molecule has 1 aromatic heterocycles. The molecule has 1 saturated heterocycles. The number of carbonyl (C=O) groups excluding carboxylic acids is 1. The van der Waals surface area contributed by atoms with Crippen molar-refractivity contribution in [2.24, 2.45) is 12.8 Å². The van der Waals surface area contributed by atoms with Gasteiger partial charge in [-0.05, 0) is 35.4 Å². The van der Waals surface area contributed by atoms with E-state index in [1.807, 2.05) is 0 Å². The van der Waals surface area contributed by atoms with E-state index >= 15 is 0 Å². The van der Waals surface area contributed by atoms with Crippen molar-refractivity contribution in [2.45, 2.75) is 18.6 Å². The van der Waals surface area contributed by atoms with Crippen LogP contribution in [0.2, 0.25) is 0 Å². The van der Waals surface area contributed by atoms with E-state index in [0.717, 1.165) is 0 Å². The van der Waals surface area contributed by atoms with Gasteiger partial charge in [0.05, 0.1) is 18.2 Å². The fraction of sp³-hybridized carbons (Fsp3) is 0.318. The lowest BCUT2D eigenvalue weighted by Gasteiger charge is -2.34. The Morgan fingerprint density at radius 3 is 2.66 bits per heavy atom. The van der Waals surface area contributed by atoms with Gasteiger partial charge >= 0.3 is 5.76 Å². The van der Waals surface area contributed by atoms with Gasteiger partial charge in [-0.1, -0.05) is 6.07 Å². The number of aryl methyl sites for hydroxylation is 1. The number of aromatic nitrogens is 1. The number of oxazole rings is 1. The lowest BCUT2D eigenvalue weighted by molar-refractivity contribution is -0.135. The summed E-state index contributed by atoms with van der Waals surface area (Å²) >= 11 is 0. The van der Waals surface area contributed by atoms with Crippen LogP contribution in [-0.2, 0) is 23.0 Å². The number of nitrogens with zero attached hydrogens (tertiary/aromatic N) is 3. The quantitative estimate of drug-likeness (QED) is 0.643. The first-order valence-electron chi connectivity index (χ1n) is 9.91. The van der Waals surface area contributed by atoms with E-state index < -0.39 is 35.4 Å². The summed E-state index contributed by atoms with van der Waals surface area (Å²) in [5, 5.41) is 9.58. The van der Waals surface area contributed by atoms with Gasteiger partial charge in [-0.3, -0.25) is 14.3 Å². The van der Waals surface area contributed by atoms with Crippen molar-refractivity contribution in [1.82, 2.24) is 9.47 Å². The Hall–Kier alpha value is -3.55. The highest BCUT2D eigenvalue weighted by molar-refractivity contribution is 5.81. The number of rotatable bonds is 5. The molecule has 32 heavy (non-hydrogen) atoms. The van der Waals surface area contributed by atoms with Crippen molar-refractivity contribution >= 4 is 17.0 Å². The minimum Gasteiger partial charge on any atom is -0.408 e. The maximum absolute atomic E-state index is 14.9. The zero-order chi connectivity index (χ0) is 23.0. The van der Waals surface area contributed by atoms with Crippen LogP contribution >= 0.6 is 0 Å². The van der Waals surface area contributed by atoms with Crippen LogP contribution in [0.25, 0.3) is 22.2 Å². The normalized spacial score (nSPS) is 17.9. The molecule has 0 spiro atoms. The monoisotopic (exact) mass is 442 g/mol. The molecular formula is C22H20F2N4O4. The summed E-state index contributed by atoms with van der Waals surface area (Å²) in [7, 11) is 1.54. The van der Waals surface area contributed by atoms with Crippen molar-refractivity contribution in [3.63, 3.8) is 0 Å². The van der Waals surface area contributed by atoms with Crippen LogP contribution in [0.15, 0.2) is 39.5 Å². The average molecular weight is 442 g/mol. The Morgan fingerprint density at radius 1 is 1.28 bits per heavy atom. The summed E-state index contributed by atoms with van der Waals surface area (Å²) in [6.07, 6.45) is -1.07. The average Bonchev–Trinajstić information content (AvgIpc) is 3.06. The van der Waals surface area contributed by atoms with Crippen molar-refractivity contribution in [3.05, 3.63) is 58.1 Å². The standard InChI is InChI=1S/C22H20F2N4O4/c1-27-18-8-12(2-3-19(18)32-22(27)30)13-6-16(23)15(17(24)7-13)9-14(10-25)28-4-5-31-20(11-28)21(26)29/h2-3,6-8,14,20H,4-5,9,11H2,1H3,(H2,26,29)/t14-,20-/m0/s1. The lowest BCUT2D eigenvalue weighted by atomic mass is 9.98.